The highest BCUT2D eigenvalue weighted by molar-refractivity contribution is 7.88. The third-order valence-corrected chi connectivity index (χ3v) is 5.60. The Kier molecular flexibility index (Phi) is 6.75. The Bertz CT molecular complexity index is 890. The van der Waals surface area contributed by atoms with Gasteiger partial charge in [0.2, 0.25) is 5.09 Å². The Morgan fingerprint density at radius 2 is 1.81 bits per heavy atom. The summed E-state index contributed by atoms with van der Waals surface area (Å²) in [6, 6.07) is 11.4. The van der Waals surface area contributed by atoms with Crippen molar-refractivity contribution in [2.45, 2.75) is 30.4 Å². The number of nitrogens with zero attached hydrogens (tertiary/aromatic N) is 1. The Morgan fingerprint density at radius 1 is 1.15 bits per heavy atom. The van der Waals surface area contributed by atoms with Crippen molar-refractivity contribution < 1.29 is 27.5 Å². The van der Waals surface area contributed by atoms with Crippen LogP contribution in [0.4, 0.5) is 0 Å². The monoisotopic (exact) mass is 394 g/mol. The lowest BCUT2D eigenvalue weighted by Gasteiger charge is -2.17. The van der Waals surface area contributed by atoms with E-state index >= 15 is 0 Å². The average Bonchev–Trinajstić information content (AvgIpc) is 3.11. The first-order valence-corrected chi connectivity index (χ1v) is 9.73. The molecule has 0 aliphatic heterocycles. The molecule has 146 valence electrons. The number of benzene rings is 1. The van der Waals surface area contributed by atoms with Crippen LogP contribution in [0.2, 0.25) is 0 Å². The fourth-order valence-electron chi connectivity index (χ4n) is 2.44. The molecule has 2 N–H and O–H groups in total. The van der Waals surface area contributed by atoms with Crippen LogP contribution in [0.3, 0.4) is 0 Å². The molecule has 0 aliphatic rings. The maximum absolute atomic E-state index is 12.4. The number of carbonyl (C=O) groups excluding carboxylic acids is 1. The van der Waals surface area contributed by atoms with Crippen LogP contribution in [0, 0.1) is 0 Å². The van der Waals surface area contributed by atoms with Gasteiger partial charge in [-0.3, -0.25) is 9.59 Å². The van der Waals surface area contributed by atoms with Crippen LogP contribution >= 0.6 is 0 Å². The minimum Gasteiger partial charge on any atom is -0.481 e. The zero-order valence-electron chi connectivity index (χ0n) is 15.1. The second-order valence-electron chi connectivity index (χ2n) is 6.20. The van der Waals surface area contributed by atoms with Crippen LogP contribution in [0.1, 0.15) is 29.0 Å². The molecule has 0 fully saturated rings. The largest absolute Gasteiger partial charge is 0.481 e. The highest BCUT2D eigenvalue weighted by atomic mass is 32.2. The van der Waals surface area contributed by atoms with E-state index in [1.54, 1.807) is 0 Å². The zero-order chi connectivity index (χ0) is 20.0. The summed E-state index contributed by atoms with van der Waals surface area (Å²) < 4.78 is 30.3. The molecule has 0 radical (unpaired) electrons. The quantitative estimate of drug-likeness (QED) is 0.669. The van der Waals surface area contributed by atoms with E-state index in [4.69, 9.17) is 9.52 Å². The molecule has 1 amide bonds. The van der Waals surface area contributed by atoms with Crippen molar-refractivity contribution in [2.75, 3.05) is 14.1 Å². The number of rotatable bonds is 9. The highest BCUT2D eigenvalue weighted by Crippen LogP contribution is 2.17. The van der Waals surface area contributed by atoms with Crippen LogP contribution in [0.5, 0.6) is 0 Å². The number of hydrogen-bond donors (Lipinski definition) is 2. The first kappa shape index (κ1) is 20.7. The van der Waals surface area contributed by atoms with Crippen molar-refractivity contribution in [3.8, 4) is 0 Å². The van der Waals surface area contributed by atoms with Crippen molar-refractivity contribution in [2.24, 2.45) is 0 Å². The lowest BCUT2D eigenvalue weighted by atomic mass is 10.0. The maximum Gasteiger partial charge on any atom is 0.303 e. The molecule has 0 bridgehead atoms. The second-order valence-corrected chi connectivity index (χ2v) is 8.28. The van der Waals surface area contributed by atoms with Crippen molar-refractivity contribution in [1.29, 1.82) is 0 Å². The standard InChI is InChI=1S/C18H22N2O6S/c1-20(2)27(24,25)17-11-9-15(26-17)18(23)19-14(8-10-16(21)22)12-13-6-4-3-5-7-13/h3-7,9,11,14H,8,10,12H2,1-2H3,(H,19,23)(H,21,22). The van der Waals surface area contributed by atoms with Gasteiger partial charge in [-0.2, -0.15) is 0 Å². The van der Waals surface area contributed by atoms with E-state index < -0.39 is 27.9 Å². The zero-order valence-corrected chi connectivity index (χ0v) is 15.9. The van der Waals surface area contributed by atoms with E-state index in [0.29, 0.717) is 6.42 Å². The topological polar surface area (TPSA) is 117 Å². The Balaban J connectivity index is 2.13. The summed E-state index contributed by atoms with van der Waals surface area (Å²) in [5.41, 5.74) is 0.948. The van der Waals surface area contributed by atoms with Crippen LogP contribution < -0.4 is 5.32 Å². The molecule has 0 saturated carbocycles. The SMILES string of the molecule is CN(C)S(=O)(=O)c1ccc(C(=O)NC(CCC(=O)O)Cc2ccccc2)o1. The van der Waals surface area contributed by atoms with E-state index in [1.807, 2.05) is 30.3 Å². The smallest absolute Gasteiger partial charge is 0.303 e. The minimum atomic E-state index is -3.78. The molecule has 0 spiro atoms. The van der Waals surface area contributed by atoms with Gasteiger partial charge in [0.1, 0.15) is 0 Å². The number of carboxylic acids is 1. The number of hydrogen-bond acceptors (Lipinski definition) is 5. The molecule has 27 heavy (non-hydrogen) atoms. The molecule has 1 aromatic heterocycles. The predicted molar refractivity (Wildman–Crippen MR) is 97.9 cm³/mol. The van der Waals surface area contributed by atoms with Crippen LogP contribution in [0.15, 0.2) is 52.0 Å². The second kappa shape index (κ2) is 8.83. The van der Waals surface area contributed by atoms with Crippen molar-refractivity contribution in [3.05, 3.63) is 53.8 Å². The number of carbonyl (C=O) groups is 2. The number of nitrogens with one attached hydrogen (secondary N) is 1. The summed E-state index contributed by atoms with van der Waals surface area (Å²) in [4.78, 5) is 23.3. The molecule has 0 aliphatic carbocycles. The number of aliphatic carboxylic acids is 1. The molecule has 9 heteroatoms. The lowest BCUT2D eigenvalue weighted by molar-refractivity contribution is -0.137. The first-order chi connectivity index (χ1) is 12.7. The van der Waals surface area contributed by atoms with Gasteiger partial charge in [0.25, 0.3) is 15.9 Å². The third kappa shape index (κ3) is 5.66. The van der Waals surface area contributed by atoms with Gasteiger partial charge < -0.3 is 14.8 Å². The van der Waals surface area contributed by atoms with E-state index in [0.717, 1.165) is 9.87 Å². The summed E-state index contributed by atoms with van der Waals surface area (Å²) in [6.45, 7) is 0. The Hall–Kier alpha value is -2.65. The van der Waals surface area contributed by atoms with Crippen LogP contribution in [-0.4, -0.2) is 49.8 Å². The van der Waals surface area contributed by atoms with Crippen LogP contribution in [-0.2, 0) is 21.2 Å². The molecule has 2 rings (SSSR count). The van der Waals surface area contributed by atoms with E-state index in [-0.39, 0.29) is 23.7 Å². The molecule has 2 aromatic rings. The molecule has 1 atom stereocenters. The summed E-state index contributed by atoms with van der Waals surface area (Å²) in [6.07, 6.45) is 0.582. The van der Waals surface area contributed by atoms with E-state index in [9.17, 15) is 18.0 Å². The molecular weight excluding hydrogens is 372 g/mol. The number of carboxylic acid groups (broad SMARTS) is 1. The van der Waals surface area contributed by atoms with Crippen molar-refractivity contribution in [3.63, 3.8) is 0 Å². The average molecular weight is 394 g/mol. The summed E-state index contributed by atoms with van der Waals surface area (Å²) in [7, 11) is -1.06. The van der Waals surface area contributed by atoms with Gasteiger partial charge in [0.05, 0.1) is 0 Å². The van der Waals surface area contributed by atoms with Gasteiger partial charge in [-0.05, 0) is 30.5 Å². The van der Waals surface area contributed by atoms with Gasteiger partial charge in [-0.15, -0.1) is 0 Å². The maximum atomic E-state index is 12.4. The van der Waals surface area contributed by atoms with Gasteiger partial charge >= 0.3 is 5.97 Å². The normalized spacial score (nSPS) is 12.7. The molecular formula is C18H22N2O6S. The Morgan fingerprint density at radius 3 is 2.41 bits per heavy atom. The fraction of sp³-hybridized carbons (Fsp3) is 0.333. The summed E-state index contributed by atoms with van der Waals surface area (Å²) in [5, 5.41) is 11.3. The summed E-state index contributed by atoms with van der Waals surface area (Å²) >= 11 is 0. The number of sulfonamides is 1. The number of furan rings is 1. The first-order valence-electron chi connectivity index (χ1n) is 8.29. The predicted octanol–water partition coefficient (Wildman–Crippen LogP) is 1.74. The molecule has 1 aromatic carbocycles. The Labute approximate surface area is 157 Å². The van der Waals surface area contributed by atoms with Crippen LogP contribution in [0.25, 0.3) is 0 Å². The van der Waals surface area contributed by atoms with Gasteiger partial charge in [-0.25, -0.2) is 12.7 Å². The van der Waals surface area contributed by atoms with E-state index in [2.05, 4.69) is 5.32 Å². The van der Waals surface area contributed by atoms with Gasteiger partial charge in [0, 0.05) is 26.6 Å². The third-order valence-electron chi connectivity index (χ3n) is 3.91. The highest BCUT2D eigenvalue weighted by Gasteiger charge is 2.24. The lowest BCUT2D eigenvalue weighted by Crippen LogP contribution is -2.36. The van der Waals surface area contributed by atoms with Gasteiger partial charge in [-0.1, -0.05) is 30.3 Å². The molecule has 1 unspecified atom stereocenters. The fourth-order valence-corrected chi connectivity index (χ4v) is 3.23. The van der Waals surface area contributed by atoms with E-state index in [1.165, 1.54) is 26.2 Å². The molecule has 1 heterocycles. The van der Waals surface area contributed by atoms with Crippen molar-refractivity contribution >= 4 is 21.9 Å². The molecule has 8 nitrogen and oxygen atoms in total. The molecule has 0 saturated heterocycles. The minimum absolute atomic E-state index is 0.101. The van der Waals surface area contributed by atoms with Crippen molar-refractivity contribution in [1.82, 2.24) is 9.62 Å². The summed E-state index contributed by atoms with van der Waals surface area (Å²) in [5.74, 6) is -1.70. The van der Waals surface area contributed by atoms with Gasteiger partial charge in [0.15, 0.2) is 5.76 Å². The number of amides is 1.